The van der Waals surface area contributed by atoms with Crippen molar-refractivity contribution in [1.82, 2.24) is 15.6 Å². The summed E-state index contributed by atoms with van der Waals surface area (Å²) < 4.78 is 28.7. The average molecular weight is 480 g/mol. The molecule has 2 aromatic carbocycles. The molecule has 1 aliphatic heterocycles. The van der Waals surface area contributed by atoms with Crippen molar-refractivity contribution in [2.45, 2.75) is 25.3 Å². The highest BCUT2D eigenvalue weighted by Gasteiger charge is 2.23. The van der Waals surface area contributed by atoms with Crippen LogP contribution in [0.4, 0.5) is 11.5 Å². The number of benzene rings is 2. The zero-order chi connectivity index (χ0) is 24.1. The van der Waals surface area contributed by atoms with Crippen LogP contribution in [0.25, 0.3) is 0 Å². The summed E-state index contributed by atoms with van der Waals surface area (Å²) in [4.78, 5) is 19.9. The van der Waals surface area contributed by atoms with E-state index in [1.54, 1.807) is 25.1 Å². The number of anilines is 2. The van der Waals surface area contributed by atoms with Gasteiger partial charge >= 0.3 is 0 Å². The Bertz CT molecular complexity index is 1270. The van der Waals surface area contributed by atoms with E-state index in [0.717, 1.165) is 24.2 Å². The smallest absolute Gasteiger partial charge is 0.262 e. The summed E-state index contributed by atoms with van der Waals surface area (Å²) in [6.07, 6.45) is 1.46. The van der Waals surface area contributed by atoms with E-state index in [1.165, 1.54) is 6.20 Å². The molecule has 0 radical (unpaired) electrons. The van der Waals surface area contributed by atoms with Crippen molar-refractivity contribution in [2.75, 3.05) is 35.8 Å². The van der Waals surface area contributed by atoms with E-state index in [2.05, 4.69) is 20.3 Å². The zero-order valence-corrected chi connectivity index (χ0v) is 20.2. The predicted molar refractivity (Wildman–Crippen MR) is 134 cm³/mol. The monoisotopic (exact) mass is 479 g/mol. The molecule has 178 valence electrons. The topological polar surface area (TPSA) is 103 Å². The first kappa shape index (κ1) is 23.7. The van der Waals surface area contributed by atoms with Crippen molar-refractivity contribution in [3.63, 3.8) is 0 Å². The van der Waals surface area contributed by atoms with Crippen LogP contribution in [0, 0.1) is 13.8 Å². The summed E-state index contributed by atoms with van der Waals surface area (Å²) in [5.74, 6) is 0.235. The van der Waals surface area contributed by atoms with Crippen LogP contribution in [0.1, 0.15) is 27.0 Å². The van der Waals surface area contributed by atoms with Gasteiger partial charge in [-0.05, 0) is 37.1 Å². The molecular weight excluding hydrogens is 450 g/mol. The van der Waals surface area contributed by atoms with Gasteiger partial charge in [-0.25, -0.2) is 13.4 Å². The lowest BCUT2D eigenvalue weighted by Crippen LogP contribution is -2.44. The molecule has 0 spiro atoms. The number of aryl methyl sites for hydroxylation is 2. The fourth-order valence-electron chi connectivity index (χ4n) is 3.99. The van der Waals surface area contributed by atoms with Crippen LogP contribution in [0.5, 0.6) is 0 Å². The molecule has 3 aromatic rings. The Morgan fingerprint density at radius 2 is 1.79 bits per heavy atom. The third kappa shape index (κ3) is 5.55. The van der Waals surface area contributed by atoms with Crippen molar-refractivity contribution in [3.8, 4) is 0 Å². The summed E-state index contributed by atoms with van der Waals surface area (Å²) in [6.45, 7) is 7.02. The molecule has 1 aromatic heterocycles. The number of carbonyl (C=O) groups excluding carboxylic acids is 1. The number of sulfonamides is 1. The molecule has 1 saturated heterocycles. The number of pyridine rings is 1. The van der Waals surface area contributed by atoms with Crippen molar-refractivity contribution in [2.24, 2.45) is 0 Å². The van der Waals surface area contributed by atoms with E-state index in [1.807, 2.05) is 48.2 Å². The molecule has 34 heavy (non-hydrogen) atoms. The minimum absolute atomic E-state index is 0.194. The third-order valence-corrected chi connectivity index (χ3v) is 7.24. The molecule has 2 heterocycles. The van der Waals surface area contributed by atoms with Gasteiger partial charge in [0.25, 0.3) is 15.9 Å². The number of nitrogens with one attached hydrogen (secondary N) is 3. The number of hydrogen-bond acceptors (Lipinski definition) is 6. The lowest BCUT2D eigenvalue weighted by molar-refractivity contribution is 0.0951. The normalized spacial score (nSPS) is 14.0. The van der Waals surface area contributed by atoms with Crippen LogP contribution >= 0.6 is 0 Å². The number of hydrogen-bond donors (Lipinski definition) is 3. The Kier molecular flexibility index (Phi) is 7.14. The fraction of sp³-hybridized carbons (Fsp3) is 0.280. The standard InChI is InChI=1S/C25H29N5O3S/c1-18-8-9-23(19(2)14-18)34(32,33)29-21-15-22(24(27-17-21)30-12-10-26-11-13-30)25(31)28-16-20-6-4-3-5-7-20/h3-9,14-15,17,26,29H,10-13,16H2,1-2H3,(H,28,31). The van der Waals surface area contributed by atoms with E-state index in [9.17, 15) is 13.2 Å². The Morgan fingerprint density at radius 3 is 2.50 bits per heavy atom. The summed E-state index contributed by atoms with van der Waals surface area (Å²) in [5.41, 5.74) is 3.18. The van der Waals surface area contributed by atoms with Crippen LogP contribution in [0.15, 0.2) is 65.7 Å². The Labute approximate surface area is 200 Å². The lowest BCUT2D eigenvalue weighted by atomic mass is 10.1. The summed E-state index contributed by atoms with van der Waals surface area (Å²) in [6, 6.07) is 16.3. The van der Waals surface area contributed by atoms with Gasteiger partial charge in [0.1, 0.15) is 5.82 Å². The largest absolute Gasteiger partial charge is 0.353 e. The van der Waals surface area contributed by atoms with Gasteiger partial charge in [0, 0.05) is 32.7 Å². The van der Waals surface area contributed by atoms with Crippen molar-refractivity contribution < 1.29 is 13.2 Å². The Balaban J connectivity index is 1.63. The summed E-state index contributed by atoms with van der Waals surface area (Å²) >= 11 is 0. The van der Waals surface area contributed by atoms with Crippen LogP contribution in [-0.4, -0.2) is 45.5 Å². The second-order valence-corrected chi connectivity index (χ2v) is 10.0. The first-order valence-corrected chi connectivity index (χ1v) is 12.7. The summed E-state index contributed by atoms with van der Waals surface area (Å²) in [5, 5.41) is 6.22. The maximum Gasteiger partial charge on any atom is 0.262 e. The van der Waals surface area contributed by atoms with Crippen molar-refractivity contribution >= 4 is 27.4 Å². The molecule has 0 bridgehead atoms. The molecule has 1 amide bonds. The molecule has 0 aliphatic carbocycles. The van der Waals surface area contributed by atoms with Gasteiger partial charge in [-0.2, -0.15) is 0 Å². The van der Waals surface area contributed by atoms with Crippen LogP contribution in [0.2, 0.25) is 0 Å². The minimum atomic E-state index is -3.84. The number of rotatable bonds is 7. The van der Waals surface area contributed by atoms with Gasteiger partial charge < -0.3 is 15.5 Å². The van der Waals surface area contributed by atoms with Gasteiger partial charge in [-0.1, -0.05) is 48.0 Å². The predicted octanol–water partition coefficient (Wildman–Crippen LogP) is 2.84. The molecule has 3 N–H and O–H groups in total. The number of carbonyl (C=O) groups is 1. The maximum atomic E-state index is 13.2. The van der Waals surface area contributed by atoms with Gasteiger partial charge in [0.15, 0.2) is 0 Å². The average Bonchev–Trinajstić information content (AvgIpc) is 2.83. The first-order chi connectivity index (χ1) is 16.3. The van der Waals surface area contributed by atoms with Crippen molar-refractivity contribution in [1.29, 1.82) is 0 Å². The molecule has 8 nitrogen and oxygen atoms in total. The first-order valence-electron chi connectivity index (χ1n) is 11.2. The van der Waals surface area contributed by atoms with E-state index < -0.39 is 10.0 Å². The molecule has 9 heteroatoms. The molecule has 0 atom stereocenters. The van der Waals surface area contributed by atoms with Gasteiger partial charge in [0.2, 0.25) is 0 Å². The van der Waals surface area contributed by atoms with E-state index in [0.29, 0.717) is 36.6 Å². The highest BCUT2D eigenvalue weighted by atomic mass is 32.2. The highest BCUT2D eigenvalue weighted by Crippen LogP contribution is 2.25. The van der Waals surface area contributed by atoms with Gasteiger partial charge in [-0.3, -0.25) is 9.52 Å². The SMILES string of the molecule is Cc1ccc(S(=O)(=O)Nc2cnc(N3CCNCC3)c(C(=O)NCc3ccccc3)c2)c(C)c1. The van der Waals surface area contributed by atoms with Crippen LogP contribution < -0.4 is 20.3 Å². The van der Waals surface area contributed by atoms with Crippen LogP contribution in [0.3, 0.4) is 0 Å². The zero-order valence-electron chi connectivity index (χ0n) is 19.3. The number of piperazine rings is 1. The van der Waals surface area contributed by atoms with E-state index in [-0.39, 0.29) is 16.5 Å². The van der Waals surface area contributed by atoms with Gasteiger partial charge in [0.05, 0.1) is 22.3 Å². The second kappa shape index (κ2) is 10.2. The summed E-state index contributed by atoms with van der Waals surface area (Å²) in [7, 11) is -3.84. The molecule has 1 fully saturated rings. The van der Waals surface area contributed by atoms with Crippen molar-refractivity contribution in [3.05, 3.63) is 83.0 Å². The Morgan fingerprint density at radius 1 is 1.06 bits per heavy atom. The fourth-order valence-corrected chi connectivity index (χ4v) is 5.26. The molecule has 1 aliphatic rings. The number of amides is 1. The molecule has 4 rings (SSSR count). The van der Waals surface area contributed by atoms with E-state index >= 15 is 0 Å². The lowest BCUT2D eigenvalue weighted by Gasteiger charge is -2.30. The quantitative estimate of drug-likeness (QED) is 0.482. The second-order valence-electron chi connectivity index (χ2n) is 8.37. The third-order valence-electron chi connectivity index (χ3n) is 5.70. The van der Waals surface area contributed by atoms with Gasteiger partial charge in [-0.15, -0.1) is 0 Å². The van der Waals surface area contributed by atoms with Crippen LogP contribution in [-0.2, 0) is 16.6 Å². The molecule has 0 saturated carbocycles. The Hall–Kier alpha value is -3.43. The number of nitrogens with zero attached hydrogens (tertiary/aromatic N) is 2. The maximum absolute atomic E-state index is 13.2. The minimum Gasteiger partial charge on any atom is -0.353 e. The highest BCUT2D eigenvalue weighted by molar-refractivity contribution is 7.92. The molecular formula is C25H29N5O3S. The molecule has 0 unspecified atom stereocenters. The van der Waals surface area contributed by atoms with E-state index in [4.69, 9.17) is 0 Å². The number of aromatic nitrogens is 1.